The Balaban J connectivity index is 2.09. The number of ketones is 1. The highest BCUT2D eigenvalue weighted by Gasteiger charge is 2.31. The number of carbonyl (C=O) groups is 1. The van der Waals surface area contributed by atoms with E-state index in [0.29, 0.717) is 0 Å². The summed E-state index contributed by atoms with van der Waals surface area (Å²) in [6.07, 6.45) is 2.49. The van der Waals surface area contributed by atoms with Crippen molar-refractivity contribution < 1.29 is 14.6 Å². The maximum Gasteiger partial charge on any atom is 0.247 e. The lowest BCUT2D eigenvalue weighted by Crippen LogP contribution is -2.15. The van der Waals surface area contributed by atoms with Crippen LogP contribution in [0, 0.1) is 0 Å². The number of hydrogen-bond donors (Lipinski definition) is 2. The molecule has 4 heteroatoms. The van der Waals surface area contributed by atoms with Gasteiger partial charge in [0.05, 0.1) is 0 Å². The van der Waals surface area contributed by atoms with Gasteiger partial charge >= 0.3 is 0 Å². The van der Waals surface area contributed by atoms with Crippen LogP contribution in [-0.2, 0) is 9.53 Å². The van der Waals surface area contributed by atoms with Gasteiger partial charge in [0.15, 0.2) is 6.10 Å². The van der Waals surface area contributed by atoms with Crippen LogP contribution in [0.1, 0.15) is 5.56 Å². The van der Waals surface area contributed by atoms with E-state index in [1.807, 2.05) is 30.3 Å². The summed E-state index contributed by atoms with van der Waals surface area (Å²) in [5.74, 6) is -1.22. The Hall–Kier alpha value is -2.23. The zero-order valence-electron chi connectivity index (χ0n) is 8.46. The summed E-state index contributed by atoms with van der Waals surface area (Å²) >= 11 is 0. The summed E-state index contributed by atoms with van der Waals surface area (Å²) in [5.41, 5.74) is 6.23. The van der Waals surface area contributed by atoms with E-state index in [0.717, 1.165) is 5.56 Å². The molecule has 82 valence electrons. The third-order valence-corrected chi connectivity index (χ3v) is 2.24. The van der Waals surface area contributed by atoms with E-state index < -0.39 is 17.6 Å². The van der Waals surface area contributed by atoms with Gasteiger partial charge in [-0.15, -0.1) is 0 Å². The highest BCUT2D eigenvalue weighted by atomic mass is 16.5. The summed E-state index contributed by atoms with van der Waals surface area (Å²) in [4.78, 5) is 11.4. The van der Waals surface area contributed by atoms with Crippen molar-refractivity contribution in [3.63, 3.8) is 0 Å². The molecular weight excluding hydrogens is 206 g/mol. The topological polar surface area (TPSA) is 72.5 Å². The maximum atomic E-state index is 11.4. The first-order valence-corrected chi connectivity index (χ1v) is 4.81. The molecule has 0 saturated heterocycles. The molecule has 0 unspecified atom stereocenters. The predicted octanol–water partition coefficient (Wildman–Crippen LogP) is 1.35. The van der Waals surface area contributed by atoms with Crippen LogP contribution in [0.5, 0.6) is 0 Å². The average molecular weight is 217 g/mol. The van der Waals surface area contributed by atoms with Crippen LogP contribution in [0.2, 0.25) is 0 Å². The number of carbonyl (C=O) groups excluding carboxylic acids is 1. The van der Waals surface area contributed by atoms with E-state index in [1.54, 1.807) is 12.2 Å². The number of Topliss-reactive ketones (excluding diaryl/α,β-unsaturated/α-hetero) is 1. The average Bonchev–Trinajstić information content (AvgIpc) is 2.56. The molecular formula is C12H11NO3. The third-order valence-electron chi connectivity index (χ3n) is 2.24. The molecule has 0 radical (unpaired) electrons. The number of ether oxygens (including phenoxy) is 1. The van der Waals surface area contributed by atoms with Crippen molar-refractivity contribution in [2.75, 3.05) is 0 Å². The molecule has 3 N–H and O–H groups in total. The van der Waals surface area contributed by atoms with Gasteiger partial charge < -0.3 is 15.6 Å². The Morgan fingerprint density at radius 3 is 2.56 bits per heavy atom. The maximum absolute atomic E-state index is 11.4. The van der Waals surface area contributed by atoms with Gasteiger partial charge in [0, 0.05) is 0 Å². The second-order valence-corrected chi connectivity index (χ2v) is 3.39. The molecule has 0 aliphatic carbocycles. The Bertz CT molecular complexity index is 462. The van der Waals surface area contributed by atoms with Crippen LogP contribution < -0.4 is 5.73 Å². The second-order valence-electron chi connectivity index (χ2n) is 3.39. The Labute approximate surface area is 92.6 Å². The minimum atomic E-state index is -0.819. The number of benzene rings is 1. The Kier molecular flexibility index (Phi) is 2.64. The zero-order valence-corrected chi connectivity index (χ0v) is 8.46. The van der Waals surface area contributed by atoms with Crippen molar-refractivity contribution in [2.45, 2.75) is 6.10 Å². The summed E-state index contributed by atoms with van der Waals surface area (Å²) in [5, 5.41) is 9.18. The van der Waals surface area contributed by atoms with Gasteiger partial charge in [-0.3, -0.25) is 4.79 Å². The molecule has 1 aliphatic heterocycles. The monoisotopic (exact) mass is 217 g/mol. The molecule has 0 amide bonds. The van der Waals surface area contributed by atoms with Crippen LogP contribution >= 0.6 is 0 Å². The highest BCUT2D eigenvalue weighted by Crippen LogP contribution is 2.17. The number of hydrogen-bond acceptors (Lipinski definition) is 4. The fraction of sp³-hybridized carbons (Fsp3) is 0.0833. The molecule has 0 bridgehead atoms. The molecule has 4 nitrogen and oxygen atoms in total. The van der Waals surface area contributed by atoms with Crippen molar-refractivity contribution in [1.29, 1.82) is 0 Å². The minimum Gasteiger partial charge on any atom is -0.501 e. The summed E-state index contributed by atoms with van der Waals surface area (Å²) in [7, 11) is 0. The van der Waals surface area contributed by atoms with Crippen LogP contribution in [0.15, 0.2) is 48.1 Å². The molecule has 0 fully saturated rings. The lowest BCUT2D eigenvalue weighted by atomic mass is 10.1. The van der Waals surface area contributed by atoms with Gasteiger partial charge in [0.2, 0.25) is 17.4 Å². The summed E-state index contributed by atoms with van der Waals surface area (Å²) < 4.78 is 4.98. The molecule has 1 aromatic rings. The molecule has 0 aromatic heterocycles. The number of nitrogens with two attached hydrogens (primary N) is 1. The van der Waals surface area contributed by atoms with Crippen LogP contribution in [0.25, 0.3) is 6.08 Å². The van der Waals surface area contributed by atoms with E-state index in [9.17, 15) is 9.90 Å². The van der Waals surface area contributed by atoms with Gasteiger partial charge in [0.1, 0.15) is 0 Å². The lowest BCUT2D eigenvalue weighted by molar-refractivity contribution is -0.121. The van der Waals surface area contributed by atoms with E-state index in [1.165, 1.54) is 0 Å². The SMILES string of the molecule is NC1=C(O)C(=O)[C@H](/C=C/c2ccccc2)O1. The first kappa shape index (κ1) is 10.3. The third kappa shape index (κ3) is 1.91. The molecule has 16 heavy (non-hydrogen) atoms. The molecule has 1 atom stereocenters. The van der Waals surface area contributed by atoms with Crippen molar-refractivity contribution in [1.82, 2.24) is 0 Å². The van der Waals surface area contributed by atoms with Gasteiger partial charge in [-0.2, -0.15) is 0 Å². The molecule has 0 spiro atoms. The minimum absolute atomic E-state index is 0.215. The fourth-order valence-corrected chi connectivity index (χ4v) is 1.39. The number of aliphatic hydroxyl groups excluding tert-OH is 1. The van der Waals surface area contributed by atoms with Crippen molar-refractivity contribution in [3.8, 4) is 0 Å². The predicted molar refractivity (Wildman–Crippen MR) is 59.2 cm³/mol. The molecule has 0 saturated carbocycles. The van der Waals surface area contributed by atoms with Gasteiger partial charge in [-0.05, 0) is 11.6 Å². The smallest absolute Gasteiger partial charge is 0.247 e. The van der Waals surface area contributed by atoms with Crippen molar-refractivity contribution in [3.05, 3.63) is 53.6 Å². The van der Waals surface area contributed by atoms with Crippen LogP contribution in [-0.4, -0.2) is 17.0 Å². The zero-order chi connectivity index (χ0) is 11.5. The molecule has 1 aliphatic rings. The highest BCUT2D eigenvalue weighted by molar-refractivity contribution is 6.00. The van der Waals surface area contributed by atoms with Gasteiger partial charge in [-0.25, -0.2) is 0 Å². The largest absolute Gasteiger partial charge is 0.501 e. The van der Waals surface area contributed by atoms with Crippen molar-refractivity contribution >= 4 is 11.9 Å². The molecule has 2 rings (SSSR count). The van der Waals surface area contributed by atoms with E-state index in [4.69, 9.17) is 10.5 Å². The van der Waals surface area contributed by atoms with E-state index in [-0.39, 0.29) is 5.88 Å². The standard InChI is InChI=1S/C12H11NO3/c13-12-11(15)10(14)9(16-12)7-6-8-4-2-1-3-5-8/h1-7,9,15H,13H2/b7-6+/t9-/m0/s1. The lowest BCUT2D eigenvalue weighted by Gasteiger charge is -2.02. The fourth-order valence-electron chi connectivity index (χ4n) is 1.39. The Morgan fingerprint density at radius 2 is 2.00 bits per heavy atom. The number of aliphatic hydroxyl groups is 1. The molecule has 1 heterocycles. The molecule has 1 aromatic carbocycles. The van der Waals surface area contributed by atoms with Gasteiger partial charge in [0.25, 0.3) is 0 Å². The summed E-state index contributed by atoms with van der Waals surface area (Å²) in [6.45, 7) is 0. The first-order valence-electron chi connectivity index (χ1n) is 4.81. The van der Waals surface area contributed by atoms with E-state index in [2.05, 4.69) is 0 Å². The van der Waals surface area contributed by atoms with Crippen LogP contribution in [0.4, 0.5) is 0 Å². The number of rotatable bonds is 2. The van der Waals surface area contributed by atoms with Crippen molar-refractivity contribution in [2.24, 2.45) is 5.73 Å². The quantitative estimate of drug-likeness (QED) is 0.784. The van der Waals surface area contributed by atoms with Gasteiger partial charge in [-0.1, -0.05) is 36.4 Å². The summed E-state index contributed by atoms with van der Waals surface area (Å²) in [6, 6.07) is 9.47. The Morgan fingerprint density at radius 1 is 1.31 bits per heavy atom. The second kappa shape index (κ2) is 4.10. The normalized spacial score (nSPS) is 20.5. The first-order chi connectivity index (χ1) is 7.68. The van der Waals surface area contributed by atoms with Crippen LogP contribution in [0.3, 0.4) is 0 Å². The van der Waals surface area contributed by atoms with E-state index >= 15 is 0 Å².